The number of rotatable bonds is 16. The molecule has 0 saturated carbocycles. The summed E-state index contributed by atoms with van der Waals surface area (Å²) in [5, 5.41) is 3.52. The van der Waals surface area contributed by atoms with Crippen molar-refractivity contribution in [3.63, 3.8) is 0 Å². The molecule has 3 heterocycles. The maximum atomic E-state index is 6.40. The second-order valence-electron chi connectivity index (χ2n) is 22.6. The Morgan fingerprint density at radius 1 is 0.438 bits per heavy atom. The van der Waals surface area contributed by atoms with Crippen LogP contribution in [0.2, 0.25) is 0 Å². The minimum atomic E-state index is -0.724. The lowest BCUT2D eigenvalue weighted by Gasteiger charge is -2.40. The molecule has 13 aromatic rings. The van der Waals surface area contributed by atoms with Crippen molar-refractivity contribution in [3.8, 4) is 39.9 Å². The molecule has 0 radical (unpaired) electrons. The van der Waals surface area contributed by atoms with Gasteiger partial charge in [0.15, 0.2) is 0 Å². The zero-order valence-electron chi connectivity index (χ0n) is 50.3. The van der Waals surface area contributed by atoms with Gasteiger partial charge in [0.25, 0.3) is 0 Å². The zero-order valence-corrected chi connectivity index (χ0v) is 51.1. The van der Waals surface area contributed by atoms with Crippen LogP contribution >= 0.6 is 11.8 Å². The Morgan fingerprint density at radius 3 is 1.42 bits per heavy atom. The Hall–Kier alpha value is -10.6. The summed E-state index contributed by atoms with van der Waals surface area (Å²) < 4.78 is 28.9. The zero-order chi connectivity index (χ0) is 60.3. The molecule has 2 aromatic heterocycles. The van der Waals surface area contributed by atoms with Crippen molar-refractivity contribution in [2.45, 2.75) is 49.1 Å². The van der Waals surface area contributed by atoms with E-state index in [1.807, 2.05) is 78.5 Å². The molecule has 15 rings (SSSR count). The molecule has 1 spiro atoms. The number of fused-ring (bicyclic) bond motifs is 13. The summed E-state index contributed by atoms with van der Waals surface area (Å²) in [6.45, 7) is 12.4. The molecule has 1 aliphatic carbocycles. The lowest BCUT2D eigenvalue weighted by atomic mass is 9.67. The van der Waals surface area contributed by atoms with Crippen LogP contribution in [0.3, 0.4) is 0 Å². The van der Waals surface area contributed by atoms with E-state index >= 15 is 0 Å². The molecule has 8 nitrogen and oxygen atoms in total. The first-order valence-corrected chi connectivity index (χ1v) is 31.1. The molecule has 89 heavy (non-hydrogen) atoms. The number of aryl methyl sites for hydroxylation is 2. The van der Waals surface area contributed by atoms with E-state index in [1.54, 1.807) is 14.2 Å². The molecule has 2 aliphatic rings. The third-order valence-electron chi connectivity index (χ3n) is 17.8. The van der Waals surface area contributed by atoms with Crippen LogP contribution in [0.4, 0.5) is 34.1 Å². The van der Waals surface area contributed by atoms with Crippen molar-refractivity contribution in [1.82, 2.24) is 9.13 Å². The van der Waals surface area contributed by atoms with Gasteiger partial charge in [-0.25, -0.2) is 0 Å². The van der Waals surface area contributed by atoms with Crippen molar-refractivity contribution < 1.29 is 18.9 Å². The molecule has 0 bridgehead atoms. The fraction of sp³-hybridized carbons (Fsp3) is 0.100. The van der Waals surface area contributed by atoms with Crippen LogP contribution < -0.4 is 28.7 Å². The van der Waals surface area contributed by atoms with E-state index in [0.29, 0.717) is 5.76 Å². The summed E-state index contributed by atoms with van der Waals surface area (Å²) in [5.41, 5.74) is 18.5. The molecule has 11 aromatic carbocycles. The van der Waals surface area contributed by atoms with E-state index in [4.69, 9.17) is 18.9 Å². The number of ether oxygens (including phenoxy) is 4. The molecule has 434 valence electrons. The average Bonchev–Trinajstić information content (AvgIpc) is 1.72. The van der Waals surface area contributed by atoms with Gasteiger partial charge in [0, 0.05) is 90.5 Å². The molecule has 0 fully saturated rings. The summed E-state index contributed by atoms with van der Waals surface area (Å²) in [6, 6.07) is 89.2. The standard InChI is InChI=1S/C80H64N4O4S/c1-7-81-53(4)65(41-27-52(3)87-62-19-11-9-12-20-62)68-44-34-58(49-75(68)81)83(54-28-36-60(85-5)37-29-54)56-32-42-66-67-43-33-57(48-74(67)80(73(66)47-56)71-23-15-17-25-78(71)89-79-26-18-16-24-72(79)80)84(55-30-38-61(86-6)39-31-55)59-35-45-69-70-46-40-64(88-63-21-13-10-14-22-63)51-77(70)82(8-2)76(69)50-59/h9-51H,3,7-8H2,1-2,4-6H3/b41-27-. The smallest absolute Gasteiger partial charge is 0.129 e. The van der Waals surface area contributed by atoms with Gasteiger partial charge in [-0.05, 0) is 212 Å². The highest BCUT2D eigenvalue weighted by molar-refractivity contribution is 7.99. The lowest BCUT2D eigenvalue weighted by molar-refractivity contribution is 0.414. The van der Waals surface area contributed by atoms with Gasteiger partial charge in [-0.1, -0.05) is 115 Å². The highest BCUT2D eigenvalue weighted by Gasteiger charge is 2.51. The number of anilines is 6. The largest absolute Gasteiger partial charge is 0.497 e. The number of allylic oxidation sites excluding steroid dienone is 1. The number of nitrogens with zero attached hydrogens (tertiary/aromatic N) is 4. The van der Waals surface area contributed by atoms with Crippen molar-refractivity contribution in [1.29, 1.82) is 0 Å². The number of methoxy groups -OCH3 is 2. The van der Waals surface area contributed by atoms with Gasteiger partial charge in [-0.15, -0.1) is 0 Å². The SMILES string of the molecule is C=C(/C=C\c1c(C)n(CC)c2cc(N(c3ccc(OC)cc3)c3ccc4c(c3)C3(c5ccccc5Sc5ccccc53)c3cc(N(c5ccc(OC)cc5)c5ccc6c7ccc(Oc8ccccc8)cc7n(CC)c6c5)ccc3-4)ccc12)Oc1ccccc1. The fourth-order valence-electron chi connectivity index (χ4n) is 13.8. The highest BCUT2D eigenvalue weighted by Crippen LogP contribution is 2.64. The van der Waals surface area contributed by atoms with Gasteiger partial charge in [-0.2, -0.15) is 0 Å². The topological polar surface area (TPSA) is 53.3 Å². The van der Waals surface area contributed by atoms with Gasteiger partial charge < -0.3 is 37.9 Å². The molecule has 0 N–H and O–H groups in total. The van der Waals surface area contributed by atoms with Gasteiger partial charge in [0.1, 0.15) is 34.5 Å². The van der Waals surface area contributed by atoms with Gasteiger partial charge in [-0.3, -0.25) is 0 Å². The predicted molar refractivity (Wildman–Crippen MR) is 367 cm³/mol. The minimum absolute atomic E-state index is 0.568. The van der Waals surface area contributed by atoms with Crippen LogP contribution in [0, 0.1) is 6.92 Å². The summed E-state index contributed by atoms with van der Waals surface area (Å²) in [4.78, 5) is 7.27. The van der Waals surface area contributed by atoms with Crippen LogP contribution in [0.1, 0.15) is 47.4 Å². The molecule has 1 aliphatic heterocycles. The summed E-state index contributed by atoms with van der Waals surface area (Å²) in [7, 11) is 3.44. The number of aromatic nitrogens is 2. The van der Waals surface area contributed by atoms with Gasteiger partial charge in [0.2, 0.25) is 0 Å². The van der Waals surface area contributed by atoms with E-state index in [9.17, 15) is 0 Å². The third-order valence-corrected chi connectivity index (χ3v) is 19.0. The molecule has 9 heteroatoms. The van der Waals surface area contributed by atoms with Crippen molar-refractivity contribution in [2.24, 2.45) is 0 Å². The molecular formula is C80H64N4O4S. The van der Waals surface area contributed by atoms with E-state index in [0.717, 1.165) is 103 Å². The van der Waals surface area contributed by atoms with E-state index < -0.39 is 5.41 Å². The minimum Gasteiger partial charge on any atom is -0.497 e. The average molecular weight is 1180 g/mol. The van der Waals surface area contributed by atoms with Crippen LogP contribution in [-0.2, 0) is 18.5 Å². The van der Waals surface area contributed by atoms with E-state index in [1.165, 1.54) is 59.6 Å². The van der Waals surface area contributed by atoms with Crippen LogP contribution in [0.15, 0.2) is 277 Å². The Balaban J connectivity index is 0.906. The van der Waals surface area contributed by atoms with Crippen LogP contribution in [0.25, 0.3) is 49.9 Å². The normalized spacial score (nSPS) is 12.7. The Bertz CT molecular complexity index is 4870. The van der Waals surface area contributed by atoms with Crippen molar-refractivity contribution in [3.05, 3.63) is 301 Å². The quantitative estimate of drug-likeness (QED) is 0.0706. The summed E-state index contributed by atoms with van der Waals surface area (Å²) in [5.74, 6) is 4.52. The number of hydrogen-bond donors (Lipinski definition) is 0. The van der Waals surface area contributed by atoms with E-state index in [-0.39, 0.29) is 0 Å². The molecule has 0 unspecified atom stereocenters. The number of para-hydroxylation sites is 2. The van der Waals surface area contributed by atoms with Crippen molar-refractivity contribution >= 4 is 84.7 Å². The van der Waals surface area contributed by atoms with Crippen LogP contribution in [-0.4, -0.2) is 23.4 Å². The second kappa shape index (κ2) is 22.6. The molecule has 0 amide bonds. The van der Waals surface area contributed by atoms with Crippen molar-refractivity contribution in [2.75, 3.05) is 24.0 Å². The first kappa shape index (κ1) is 55.0. The maximum Gasteiger partial charge on any atom is 0.129 e. The maximum absolute atomic E-state index is 6.40. The van der Waals surface area contributed by atoms with E-state index in [2.05, 4.69) is 240 Å². The predicted octanol–water partition coefficient (Wildman–Crippen LogP) is 21.3. The lowest BCUT2D eigenvalue weighted by Crippen LogP contribution is -2.32. The van der Waals surface area contributed by atoms with Gasteiger partial charge >= 0.3 is 0 Å². The molecule has 0 atom stereocenters. The Morgan fingerprint density at radius 2 is 0.876 bits per heavy atom. The summed E-state index contributed by atoms with van der Waals surface area (Å²) >= 11 is 1.85. The Kier molecular flexibility index (Phi) is 14.0. The first-order chi connectivity index (χ1) is 43.7. The Labute approximate surface area is 523 Å². The number of hydrogen-bond acceptors (Lipinski definition) is 7. The first-order valence-electron chi connectivity index (χ1n) is 30.3. The second-order valence-corrected chi connectivity index (χ2v) is 23.7. The molecule has 0 saturated heterocycles. The van der Waals surface area contributed by atoms with Gasteiger partial charge in [0.05, 0.1) is 36.2 Å². The fourth-order valence-corrected chi connectivity index (χ4v) is 15.0. The number of benzene rings is 11. The summed E-state index contributed by atoms with van der Waals surface area (Å²) in [6.07, 6.45) is 4.10. The monoisotopic (exact) mass is 1180 g/mol. The third kappa shape index (κ3) is 9.31. The molecular weight excluding hydrogens is 1110 g/mol. The highest BCUT2D eigenvalue weighted by atomic mass is 32.2. The van der Waals surface area contributed by atoms with Crippen LogP contribution in [0.5, 0.6) is 28.7 Å².